The molecule has 3 atom stereocenters. The zero-order valence-electron chi connectivity index (χ0n) is 13.7. The molecule has 122 valence electrons. The van der Waals surface area contributed by atoms with Crippen LogP contribution >= 0.6 is 0 Å². The van der Waals surface area contributed by atoms with Gasteiger partial charge >= 0.3 is 0 Å². The van der Waals surface area contributed by atoms with Crippen molar-refractivity contribution < 1.29 is 9.90 Å². The van der Waals surface area contributed by atoms with Gasteiger partial charge in [-0.15, -0.1) is 0 Å². The van der Waals surface area contributed by atoms with Crippen molar-refractivity contribution in [3.05, 3.63) is 30.1 Å². The molecule has 2 bridgehead atoms. The molecule has 2 aromatic rings. The molecule has 2 aliphatic rings. The number of fused-ring (bicyclic) bond motifs is 3. The molecule has 5 heteroatoms. The number of amides is 1. The molecule has 0 aliphatic carbocycles. The van der Waals surface area contributed by atoms with E-state index in [-0.39, 0.29) is 30.0 Å². The summed E-state index contributed by atoms with van der Waals surface area (Å²) in [5, 5.41) is 10.9. The van der Waals surface area contributed by atoms with Crippen LogP contribution in [-0.4, -0.2) is 44.2 Å². The Labute approximate surface area is 135 Å². The highest BCUT2D eigenvalue weighted by Gasteiger charge is 2.56. The lowest BCUT2D eigenvalue weighted by Gasteiger charge is -2.34. The van der Waals surface area contributed by atoms with Crippen molar-refractivity contribution in [3.63, 3.8) is 0 Å². The number of pyridine rings is 1. The van der Waals surface area contributed by atoms with E-state index in [4.69, 9.17) is 0 Å². The van der Waals surface area contributed by atoms with Gasteiger partial charge in [0.15, 0.2) is 0 Å². The van der Waals surface area contributed by atoms with Gasteiger partial charge in [-0.1, -0.05) is 6.92 Å². The molecule has 2 aromatic heterocycles. The first-order valence-corrected chi connectivity index (χ1v) is 8.45. The Morgan fingerprint density at radius 3 is 2.91 bits per heavy atom. The first kappa shape index (κ1) is 14.7. The summed E-state index contributed by atoms with van der Waals surface area (Å²) in [5.41, 5.74) is 1.24. The van der Waals surface area contributed by atoms with Gasteiger partial charge in [-0.3, -0.25) is 4.79 Å². The lowest BCUT2D eigenvalue weighted by Crippen LogP contribution is -2.42. The molecule has 5 nitrogen and oxygen atoms in total. The molecule has 2 fully saturated rings. The number of aliphatic hydroxyl groups excluding tert-OH is 1. The first-order valence-electron chi connectivity index (χ1n) is 8.45. The van der Waals surface area contributed by atoms with Crippen molar-refractivity contribution in [3.8, 4) is 0 Å². The smallest absolute Gasteiger partial charge is 0.273 e. The van der Waals surface area contributed by atoms with Crippen LogP contribution in [0.5, 0.6) is 0 Å². The maximum Gasteiger partial charge on any atom is 0.273 e. The number of carbonyl (C=O) groups is 1. The van der Waals surface area contributed by atoms with Gasteiger partial charge in [-0.05, 0) is 43.9 Å². The molecule has 1 N–H and O–H groups in total. The maximum atomic E-state index is 13.1. The molecule has 0 spiro atoms. The molecule has 2 saturated heterocycles. The van der Waals surface area contributed by atoms with Crippen molar-refractivity contribution >= 4 is 16.9 Å². The molecule has 2 aliphatic heterocycles. The normalized spacial score (nSPS) is 29.6. The molecule has 4 heterocycles. The number of carbonyl (C=O) groups excluding carboxylic acids is 1. The zero-order chi connectivity index (χ0) is 16.2. The van der Waals surface area contributed by atoms with Gasteiger partial charge in [0.1, 0.15) is 11.3 Å². The molecule has 0 unspecified atom stereocenters. The molecule has 1 amide bonds. The van der Waals surface area contributed by atoms with E-state index in [0.29, 0.717) is 5.69 Å². The molecule has 0 aromatic carbocycles. The summed E-state index contributed by atoms with van der Waals surface area (Å²) in [6, 6.07) is 6.21. The third-order valence-electron chi connectivity index (χ3n) is 6.04. The molecule has 23 heavy (non-hydrogen) atoms. The second-order valence-electron chi connectivity index (χ2n) is 7.07. The highest BCUT2D eigenvalue weighted by molar-refractivity contribution is 5.95. The highest BCUT2D eigenvalue weighted by atomic mass is 16.3. The van der Waals surface area contributed by atoms with E-state index >= 15 is 0 Å². The van der Waals surface area contributed by atoms with Crippen LogP contribution in [0.25, 0.3) is 11.0 Å². The van der Waals surface area contributed by atoms with Crippen LogP contribution < -0.4 is 0 Å². The van der Waals surface area contributed by atoms with E-state index in [0.717, 1.165) is 36.7 Å². The van der Waals surface area contributed by atoms with Gasteiger partial charge in [0.2, 0.25) is 0 Å². The first-order chi connectivity index (χ1) is 11.1. The Kier molecular flexibility index (Phi) is 3.23. The van der Waals surface area contributed by atoms with Gasteiger partial charge in [0.05, 0.1) is 6.61 Å². The van der Waals surface area contributed by atoms with E-state index in [2.05, 4.69) is 11.9 Å². The predicted molar refractivity (Wildman–Crippen MR) is 88.1 cm³/mol. The van der Waals surface area contributed by atoms with Crippen molar-refractivity contribution in [2.24, 2.45) is 12.5 Å². The van der Waals surface area contributed by atoms with Crippen molar-refractivity contribution in [1.82, 2.24) is 14.5 Å². The van der Waals surface area contributed by atoms with Crippen LogP contribution in [0.15, 0.2) is 24.4 Å². The summed E-state index contributed by atoms with van der Waals surface area (Å²) >= 11 is 0. The summed E-state index contributed by atoms with van der Waals surface area (Å²) in [6.45, 7) is 2.28. The lowest BCUT2D eigenvalue weighted by atomic mass is 9.72. The minimum absolute atomic E-state index is 0.0179. The topological polar surface area (TPSA) is 58.4 Å². The number of aromatic nitrogens is 2. The molecular weight excluding hydrogens is 290 g/mol. The maximum absolute atomic E-state index is 13.1. The Hall–Kier alpha value is -1.88. The van der Waals surface area contributed by atoms with E-state index < -0.39 is 0 Å². The van der Waals surface area contributed by atoms with Crippen molar-refractivity contribution in [1.29, 1.82) is 0 Å². The minimum Gasteiger partial charge on any atom is -0.396 e. The highest BCUT2D eigenvalue weighted by Crippen LogP contribution is 2.51. The quantitative estimate of drug-likeness (QED) is 0.946. The fraction of sp³-hybridized carbons (Fsp3) is 0.556. The molecular formula is C18H23N3O2. The third kappa shape index (κ3) is 1.96. The molecule has 0 radical (unpaired) electrons. The van der Waals surface area contributed by atoms with Gasteiger partial charge in [0, 0.05) is 36.1 Å². The lowest BCUT2D eigenvalue weighted by molar-refractivity contribution is 0.0553. The second-order valence-corrected chi connectivity index (χ2v) is 7.07. The monoisotopic (exact) mass is 313 g/mol. The van der Waals surface area contributed by atoms with Gasteiger partial charge < -0.3 is 14.6 Å². The van der Waals surface area contributed by atoms with Crippen LogP contribution in [-0.2, 0) is 7.05 Å². The average molecular weight is 313 g/mol. The van der Waals surface area contributed by atoms with E-state index in [9.17, 15) is 9.90 Å². The average Bonchev–Trinajstić information content (AvgIpc) is 3.25. The number of rotatable bonds is 3. The van der Waals surface area contributed by atoms with Crippen molar-refractivity contribution in [2.75, 3.05) is 6.61 Å². The standard InChI is InChI=1S/C18H23N3O2/c1-3-18(11-22)10-13-5-7-15(18)21(13)17(23)14-6-4-12-8-9-20(2)16(12)19-14/h4,6,8-9,13,15,22H,3,5,7,10-11H2,1-2H3/t13-,15+,18-/m1/s1. The Bertz CT molecular complexity index is 763. The van der Waals surface area contributed by atoms with Crippen LogP contribution in [0.2, 0.25) is 0 Å². The Balaban J connectivity index is 1.70. The number of nitrogens with zero attached hydrogens (tertiary/aromatic N) is 3. The largest absolute Gasteiger partial charge is 0.396 e. The Morgan fingerprint density at radius 2 is 2.22 bits per heavy atom. The zero-order valence-corrected chi connectivity index (χ0v) is 13.7. The number of hydrogen-bond donors (Lipinski definition) is 1. The summed E-state index contributed by atoms with van der Waals surface area (Å²) in [4.78, 5) is 19.7. The van der Waals surface area contributed by atoms with E-state index in [1.807, 2.05) is 40.9 Å². The molecule has 0 saturated carbocycles. The van der Waals surface area contributed by atoms with E-state index in [1.54, 1.807) is 0 Å². The fourth-order valence-electron chi connectivity index (χ4n) is 4.64. The van der Waals surface area contributed by atoms with Crippen LogP contribution in [0.4, 0.5) is 0 Å². The minimum atomic E-state index is -0.117. The number of aliphatic hydroxyl groups is 1. The number of hydrogen-bond acceptors (Lipinski definition) is 3. The summed E-state index contributed by atoms with van der Waals surface area (Å²) in [6.07, 6.45) is 5.84. The SMILES string of the molecule is CC[C@]1(CO)C[C@H]2CC[C@@H]1N2C(=O)c1ccc2ccn(C)c2n1. The van der Waals surface area contributed by atoms with Crippen LogP contribution in [0.3, 0.4) is 0 Å². The third-order valence-corrected chi connectivity index (χ3v) is 6.04. The van der Waals surface area contributed by atoms with Gasteiger partial charge in [0.25, 0.3) is 5.91 Å². The van der Waals surface area contributed by atoms with Crippen molar-refractivity contribution in [2.45, 2.75) is 44.7 Å². The predicted octanol–water partition coefficient (Wildman–Crippen LogP) is 2.34. The van der Waals surface area contributed by atoms with E-state index in [1.165, 1.54) is 0 Å². The summed E-state index contributed by atoms with van der Waals surface area (Å²) in [5.74, 6) is 0.0179. The number of aryl methyl sites for hydroxylation is 1. The Morgan fingerprint density at radius 1 is 1.39 bits per heavy atom. The summed E-state index contributed by atoms with van der Waals surface area (Å²) in [7, 11) is 1.94. The second kappa shape index (κ2) is 5.06. The molecule has 4 rings (SSSR count). The van der Waals surface area contributed by atoms with Crippen LogP contribution in [0, 0.1) is 5.41 Å². The van der Waals surface area contributed by atoms with Gasteiger partial charge in [-0.2, -0.15) is 0 Å². The van der Waals surface area contributed by atoms with Gasteiger partial charge in [-0.25, -0.2) is 4.98 Å². The summed E-state index contributed by atoms with van der Waals surface area (Å²) < 4.78 is 1.94. The van der Waals surface area contributed by atoms with Crippen LogP contribution in [0.1, 0.15) is 43.1 Å². The fourth-order valence-corrected chi connectivity index (χ4v) is 4.64.